The first kappa shape index (κ1) is 28.7. The number of hydrogen-bond acceptors (Lipinski definition) is 6. The molecular weight excluding hydrogens is 504 g/mol. The number of aliphatic hydroxyl groups excluding tert-OH is 1. The van der Waals surface area contributed by atoms with Gasteiger partial charge in [-0.05, 0) is 84.0 Å². The summed E-state index contributed by atoms with van der Waals surface area (Å²) in [7, 11) is 0. The van der Waals surface area contributed by atoms with E-state index in [4.69, 9.17) is 0 Å². The number of phenolic OH excluding ortho intramolecular Hbond substituents is 3. The van der Waals surface area contributed by atoms with E-state index in [0.29, 0.717) is 18.5 Å². The van der Waals surface area contributed by atoms with Crippen molar-refractivity contribution in [1.82, 2.24) is 10.6 Å². The number of carbonyl (C=O) groups excluding carboxylic acids is 1. The Morgan fingerprint density at radius 2 is 1.40 bits per heavy atom. The van der Waals surface area contributed by atoms with E-state index in [0.717, 1.165) is 27.8 Å². The predicted octanol–water partition coefficient (Wildman–Crippen LogP) is 4.97. The van der Waals surface area contributed by atoms with Crippen molar-refractivity contribution < 1.29 is 25.2 Å². The maximum atomic E-state index is 12.7. The smallest absolute Gasteiger partial charge is 0.224 e. The molecule has 0 heterocycles. The van der Waals surface area contributed by atoms with Crippen LogP contribution in [0.3, 0.4) is 0 Å². The molecule has 4 rings (SSSR count). The minimum atomic E-state index is -0.894. The van der Waals surface area contributed by atoms with Gasteiger partial charge in [-0.3, -0.25) is 4.79 Å². The van der Waals surface area contributed by atoms with Crippen LogP contribution in [0.5, 0.6) is 17.2 Å². The van der Waals surface area contributed by atoms with E-state index in [1.807, 2.05) is 74.5 Å². The van der Waals surface area contributed by atoms with Gasteiger partial charge in [0.2, 0.25) is 5.91 Å². The zero-order chi connectivity index (χ0) is 28.7. The second-order valence-corrected chi connectivity index (χ2v) is 10.8. The summed E-state index contributed by atoms with van der Waals surface area (Å²) in [4.78, 5) is 12.7. The molecule has 0 saturated heterocycles. The van der Waals surface area contributed by atoms with Gasteiger partial charge >= 0.3 is 0 Å². The molecule has 4 aromatic carbocycles. The molecule has 0 aliphatic carbocycles. The lowest BCUT2D eigenvalue weighted by molar-refractivity contribution is -0.120. The highest BCUT2D eigenvalue weighted by Crippen LogP contribution is 2.26. The van der Waals surface area contributed by atoms with Crippen LogP contribution in [-0.2, 0) is 24.2 Å². The fourth-order valence-corrected chi connectivity index (χ4v) is 4.69. The third-order valence-electron chi connectivity index (χ3n) is 6.70. The summed E-state index contributed by atoms with van der Waals surface area (Å²) in [6, 6.07) is 27.0. The van der Waals surface area contributed by atoms with Crippen molar-refractivity contribution in [3.8, 4) is 28.4 Å². The highest BCUT2D eigenvalue weighted by Gasteiger charge is 2.21. The first-order chi connectivity index (χ1) is 19.1. The zero-order valence-corrected chi connectivity index (χ0v) is 22.8. The predicted molar refractivity (Wildman–Crippen MR) is 156 cm³/mol. The molecule has 208 valence electrons. The van der Waals surface area contributed by atoms with Crippen molar-refractivity contribution >= 4 is 5.91 Å². The Balaban J connectivity index is 1.29. The molecular formula is C33H36N2O5. The first-order valence-corrected chi connectivity index (χ1v) is 13.3. The van der Waals surface area contributed by atoms with Gasteiger partial charge in [-0.1, -0.05) is 54.6 Å². The van der Waals surface area contributed by atoms with Crippen molar-refractivity contribution in [2.45, 2.75) is 44.9 Å². The van der Waals surface area contributed by atoms with Crippen LogP contribution in [0, 0.1) is 0 Å². The minimum Gasteiger partial charge on any atom is -0.508 e. The summed E-state index contributed by atoms with van der Waals surface area (Å²) >= 11 is 0. The molecule has 0 bridgehead atoms. The molecule has 0 radical (unpaired) electrons. The Kier molecular flexibility index (Phi) is 9.09. The quantitative estimate of drug-likeness (QED) is 0.160. The number of amides is 1. The number of benzene rings is 4. The van der Waals surface area contributed by atoms with Crippen LogP contribution in [0.1, 0.15) is 42.2 Å². The Labute approximate surface area is 234 Å². The normalized spacial score (nSPS) is 12.2. The molecule has 7 heteroatoms. The van der Waals surface area contributed by atoms with Gasteiger partial charge < -0.3 is 31.1 Å². The number of aliphatic hydroxyl groups is 1. The fraction of sp³-hybridized carbons (Fsp3) is 0.242. The largest absolute Gasteiger partial charge is 0.508 e. The minimum absolute atomic E-state index is 0.0675. The zero-order valence-electron chi connectivity index (χ0n) is 22.8. The molecule has 0 fully saturated rings. The van der Waals surface area contributed by atoms with Crippen molar-refractivity contribution in [3.05, 3.63) is 113 Å². The van der Waals surface area contributed by atoms with Crippen LogP contribution < -0.4 is 10.6 Å². The highest BCUT2D eigenvalue weighted by molar-refractivity contribution is 5.78. The second kappa shape index (κ2) is 12.7. The lowest BCUT2D eigenvalue weighted by atomic mass is 9.93. The van der Waals surface area contributed by atoms with Gasteiger partial charge in [0, 0.05) is 24.7 Å². The van der Waals surface area contributed by atoms with E-state index in [9.17, 15) is 25.2 Å². The van der Waals surface area contributed by atoms with Gasteiger partial charge in [-0.15, -0.1) is 0 Å². The summed E-state index contributed by atoms with van der Waals surface area (Å²) in [6.07, 6.45) is 0.0397. The SMILES string of the molecule is CC(C)(Cc1cccc(CC(=O)NCc2cccc(-c3ccc(O)cc3)c2)c1)NC[C@H](O)c1cc(O)cc(O)c1. The van der Waals surface area contributed by atoms with Crippen molar-refractivity contribution in [1.29, 1.82) is 0 Å². The summed E-state index contributed by atoms with van der Waals surface area (Å²) in [5.74, 6) is -0.0442. The van der Waals surface area contributed by atoms with Gasteiger partial charge in [0.25, 0.3) is 0 Å². The number of phenols is 3. The molecule has 40 heavy (non-hydrogen) atoms. The molecule has 6 N–H and O–H groups in total. The Bertz CT molecular complexity index is 1430. The van der Waals surface area contributed by atoms with Crippen LogP contribution in [-0.4, -0.2) is 38.4 Å². The van der Waals surface area contributed by atoms with Gasteiger partial charge in [0.05, 0.1) is 12.5 Å². The van der Waals surface area contributed by atoms with Crippen molar-refractivity contribution in [2.24, 2.45) is 0 Å². The molecule has 0 unspecified atom stereocenters. The molecule has 0 spiro atoms. The van der Waals surface area contributed by atoms with E-state index in [1.54, 1.807) is 12.1 Å². The van der Waals surface area contributed by atoms with E-state index in [2.05, 4.69) is 10.6 Å². The fourth-order valence-electron chi connectivity index (χ4n) is 4.69. The molecule has 0 aliphatic rings. The second-order valence-electron chi connectivity index (χ2n) is 10.8. The van der Waals surface area contributed by atoms with Gasteiger partial charge in [-0.2, -0.15) is 0 Å². The number of hydrogen-bond donors (Lipinski definition) is 6. The lowest BCUT2D eigenvalue weighted by Gasteiger charge is -2.28. The molecule has 1 amide bonds. The van der Waals surface area contributed by atoms with E-state index in [-0.39, 0.29) is 41.7 Å². The summed E-state index contributed by atoms with van der Waals surface area (Å²) < 4.78 is 0. The van der Waals surface area contributed by atoms with E-state index in [1.165, 1.54) is 18.2 Å². The third-order valence-corrected chi connectivity index (χ3v) is 6.70. The van der Waals surface area contributed by atoms with Crippen LogP contribution >= 0.6 is 0 Å². The number of nitrogens with one attached hydrogen (secondary N) is 2. The van der Waals surface area contributed by atoms with Gasteiger partial charge in [-0.25, -0.2) is 0 Å². The van der Waals surface area contributed by atoms with Crippen molar-refractivity contribution in [2.75, 3.05) is 6.54 Å². The van der Waals surface area contributed by atoms with Crippen LogP contribution in [0.4, 0.5) is 0 Å². The lowest BCUT2D eigenvalue weighted by Crippen LogP contribution is -2.43. The van der Waals surface area contributed by atoms with Crippen LogP contribution in [0.25, 0.3) is 11.1 Å². The molecule has 0 aromatic heterocycles. The van der Waals surface area contributed by atoms with Crippen molar-refractivity contribution in [3.63, 3.8) is 0 Å². The molecule has 0 aliphatic heterocycles. The topological polar surface area (TPSA) is 122 Å². The maximum absolute atomic E-state index is 12.7. The Morgan fingerprint density at radius 1 is 0.750 bits per heavy atom. The Morgan fingerprint density at radius 3 is 2.12 bits per heavy atom. The first-order valence-electron chi connectivity index (χ1n) is 13.3. The number of rotatable bonds is 11. The third kappa shape index (κ3) is 8.33. The number of carbonyl (C=O) groups is 1. The molecule has 1 atom stereocenters. The van der Waals surface area contributed by atoms with Crippen LogP contribution in [0.2, 0.25) is 0 Å². The summed E-state index contributed by atoms with van der Waals surface area (Å²) in [5, 5.41) is 45.8. The van der Waals surface area contributed by atoms with E-state index >= 15 is 0 Å². The van der Waals surface area contributed by atoms with Crippen LogP contribution in [0.15, 0.2) is 91.0 Å². The monoisotopic (exact) mass is 540 g/mol. The standard InChI is InChI=1S/C33H36N2O5/c1-33(2,35-21-31(39)27-16-29(37)18-30(38)17-27)19-23-6-3-5-22(13-23)15-32(40)34-20-24-7-4-8-26(14-24)25-9-11-28(36)12-10-25/h3-14,16-18,31,35-39H,15,19-21H2,1-2H3,(H,34,40)/t31-/m0/s1. The highest BCUT2D eigenvalue weighted by atomic mass is 16.3. The van der Waals surface area contributed by atoms with E-state index < -0.39 is 6.10 Å². The molecule has 0 saturated carbocycles. The molecule has 7 nitrogen and oxygen atoms in total. The summed E-state index contributed by atoms with van der Waals surface area (Å²) in [6.45, 7) is 4.73. The summed E-state index contributed by atoms with van der Waals surface area (Å²) in [5.41, 5.74) is 5.05. The Hall–Kier alpha value is -4.33. The molecule has 4 aromatic rings. The average molecular weight is 541 g/mol. The average Bonchev–Trinajstić information content (AvgIpc) is 2.90. The number of β-amino-alcohol motifs (C(OH)–C–C–N with tert-alkyl or cyclic N) is 1. The number of aromatic hydroxyl groups is 3. The van der Waals surface area contributed by atoms with Gasteiger partial charge in [0.15, 0.2) is 0 Å². The van der Waals surface area contributed by atoms with Gasteiger partial charge in [0.1, 0.15) is 17.2 Å². The maximum Gasteiger partial charge on any atom is 0.224 e.